The summed E-state index contributed by atoms with van der Waals surface area (Å²) in [6.45, 7) is 10.8. The smallest absolute Gasteiger partial charge is 0.324 e. The highest BCUT2D eigenvalue weighted by atomic mass is 35.5. The highest BCUT2D eigenvalue weighted by molar-refractivity contribution is 6.30. The van der Waals surface area contributed by atoms with E-state index in [-0.39, 0.29) is 25.4 Å². The summed E-state index contributed by atoms with van der Waals surface area (Å²) in [6, 6.07) is 7.25. The maximum absolute atomic E-state index is 13.2. The number of benzene rings is 2. The molecule has 7 nitrogen and oxygen atoms in total. The predicted molar refractivity (Wildman–Crippen MR) is 132 cm³/mol. The molecule has 0 aromatic heterocycles. The summed E-state index contributed by atoms with van der Waals surface area (Å²) in [5, 5.41) is -0.751. The number of halogens is 1. The summed E-state index contributed by atoms with van der Waals surface area (Å²) in [4.78, 5) is 36.4. The van der Waals surface area contributed by atoms with Crippen LogP contribution >= 0.6 is 11.6 Å². The Morgan fingerprint density at radius 3 is 2.37 bits per heavy atom. The van der Waals surface area contributed by atoms with Gasteiger partial charge >= 0.3 is 11.9 Å². The van der Waals surface area contributed by atoms with Crippen LogP contribution in [-0.4, -0.2) is 41.9 Å². The fourth-order valence-corrected chi connectivity index (χ4v) is 4.37. The van der Waals surface area contributed by atoms with E-state index in [9.17, 15) is 14.4 Å². The first kappa shape index (κ1) is 26.5. The van der Waals surface area contributed by atoms with Crippen molar-refractivity contribution in [2.45, 2.75) is 65.4 Å². The molecule has 2 atom stereocenters. The van der Waals surface area contributed by atoms with Gasteiger partial charge in [-0.1, -0.05) is 12.1 Å². The van der Waals surface area contributed by atoms with Crippen LogP contribution in [0.3, 0.4) is 0 Å². The second kappa shape index (κ2) is 10.7. The molecular weight excluding hydrogens is 472 g/mol. The molecule has 35 heavy (non-hydrogen) atoms. The number of rotatable bonds is 8. The normalized spacial score (nSPS) is 17.7. The van der Waals surface area contributed by atoms with Crippen LogP contribution in [0, 0.1) is 20.8 Å². The van der Waals surface area contributed by atoms with Crippen LogP contribution in [0.2, 0.25) is 0 Å². The molecule has 0 saturated carbocycles. The van der Waals surface area contributed by atoms with Gasteiger partial charge in [0.1, 0.15) is 34.8 Å². The Kier molecular flexibility index (Phi) is 8.11. The van der Waals surface area contributed by atoms with Gasteiger partial charge in [0.25, 0.3) is 0 Å². The molecule has 0 N–H and O–H groups in total. The molecule has 0 fully saturated rings. The topological polar surface area (TPSA) is 88.1 Å². The third kappa shape index (κ3) is 5.96. The highest BCUT2D eigenvalue weighted by Crippen LogP contribution is 2.44. The molecule has 0 bridgehead atoms. The van der Waals surface area contributed by atoms with E-state index in [1.807, 2.05) is 32.9 Å². The van der Waals surface area contributed by atoms with E-state index >= 15 is 0 Å². The molecule has 2 aromatic rings. The van der Waals surface area contributed by atoms with Gasteiger partial charge in [-0.15, -0.1) is 11.6 Å². The summed E-state index contributed by atoms with van der Waals surface area (Å²) < 4.78 is 22.6. The SMILES string of the molecule is CCOC(=O)C(Cl)Cc1ccc(OCC2(C)CC(=O)c3c(C)c(OC(C)=O)c(C)c(C)c3O2)cc1. The van der Waals surface area contributed by atoms with Crippen LogP contribution in [0.25, 0.3) is 0 Å². The van der Waals surface area contributed by atoms with Crippen molar-refractivity contribution in [2.75, 3.05) is 13.2 Å². The van der Waals surface area contributed by atoms with Crippen molar-refractivity contribution < 1.29 is 33.3 Å². The van der Waals surface area contributed by atoms with Crippen molar-refractivity contribution in [3.8, 4) is 17.2 Å². The number of carbonyl (C=O) groups is 3. The monoisotopic (exact) mass is 502 g/mol. The van der Waals surface area contributed by atoms with Crippen molar-refractivity contribution in [2.24, 2.45) is 0 Å². The quantitative estimate of drug-likeness (QED) is 0.283. The molecule has 1 heterocycles. The van der Waals surface area contributed by atoms with E-state index in [2.05, 4.69) is 0 Å². The van der Waals surface area contributed by atoms with Gasteiger partial charge in [-0.3, -0.25) is 14.4 Å². The predicted octanol–water partition coefficient (Wildman–Crippen LogP) is 5.05. The van der Waals surface area contributed by atoms with Crippen molar-refractivity contribution in [3.63, 3.8) is 0 Å². The van der Waals surface area contributed by atoms with Crippen molar-refractivity contribution in [1.82, 2.24) is 0 Å². The van der Waals surface area contributed by atoms with Crippen LogP contribution in [0.4, 0.5) is 0 Å². The molecule has 188 valence electrons. The average Bonchev–Trinajstić information content (AvgIpc) is 2.79. The summed E-state index contributed by atoms with van der Waals surface area (Å²) in [5.74, 6) is 0.546. The van der Waals surface area contributed by atoms with Gasteiger partial charge in [-0.2, -0.15) is 0 Å². The lowest BCUT2D eigenvalue weighted by molar-refractivity contribution is -0.142. The van der Waals surface area contributed by atoms with Crippen LogP contribution in [0.5, 0.6) is 17.2 Å². The van der Waals surface area contributed by atoms with Crippen molar-refractivity contribution in [3.05, 3.63) is 52.1 Å². The highest BCUT2D eigenvalue weighted by Gasteiger charge is 2.40. The maximum atomic E-state index is 13.2. The zero-order valence-electron chi connectivity index (χ0n) is 21.0. The number of fused-ring (bicyclic) bond motifs is 1. The first-order valence-corrected chi connectivity index (χ1v) is 12.0. The Morgan fingerprint density at radius 2 is 1.77 bits per heavy atom. The Balaban J connectivity index is 1.73. The second-order valence-electron chi connectivity index (χ2n) is 9.01. The van der Waals surface area contributed by atoms with Gasteiger partial charge in [-0.05, 0) is 69.9 Å². The van der Waals surface area contributed by atoms with E-state index in [1.165, 1.54) is 6.92 Å². The molecular formula is C27H31ClO7. The Bertz CT molecular complexity index is 1140. The van der Waals surface area contributed by atoms with E-state index in [1.54, 1.807) is 26.0 Å². The van der Waals surface area contributed by atoms with E-state index in [0.29, 0.717) is 34.8 Å². The number of hydrogen-bond acceptors (Lipinski definition) is 7. The fraction of sp³-hybridized carbons (Fsp3) is 0.444. The van der Waals surface area contributed by atoms with Crippen LogP contribution in [0.15, 0.2) is 24.3 Å². The minimum absolute atomic E-state index is 0.0891. The van der Waals surface area contributed by atoms with E-state index in [0.717, 1.165) is 16.7 Å². The molecule has 1 aliphatic heterocycles. The Hall–Kier alpha value is -3.06. The van der Waals surface area contributed by atoms with E-state index in [4.69, 9.17) is 30.5 Å². The minimum atomic E-state index is -0.875. The second-order valence-corrected chi connectivity index (χ2v) is 9.54. The number of esters is 2. The van der Waals surface area contributed by atoms with Crippen molar-refractivity contribution >= 4 is 29.3 Å². The lowest BCUT2D eigenvalue weighted by atomic mass is 9.86. The molecule has 0 aliphatic carbocycles. The zero-order chi connectivity index (χ0) is 25.9. The van der Waals surface area contributed by atoms with Crippen molar-refractivity contribution in [1.29, 1.82) is 0 Å². The maximum Gasteiger partial charge on any atom is 0.324 e. The number of ketones is 1. The van der Waals surface area contributed by atoms with Crippen LogP contribution < -0.4 is 14.2 Å². The summed E-state index contributed by atoms with van der Waals surface area (Å²) in [6.07, 6.45) is 0.467. The molecule has 3 rings (SSSR count). The first-order valence-electron chi connectivity index (χ1n) is 11.5. The number of hydrogen-bond donors (Lipinski definition) is 0. The number of carbonyl (C=O) groups excluding carboxylic acids is 3. The number of ether oxygens (including phenoxy) is 4. The number of Topliss-reactive ketones (excluding diaryl/α,β-unsaturated/α-hetero) is 1. The summed E-state index contributed by atoms with van der Waals surface area (Å²) in [5.41, 5.74) is 2.55. The minimum Gasteiger partial charge on any atom is -0.489 e. The lowest BCUT2D eigenvalue weighted by Gasteiger charge is -2.36. The number of alkyl halides is 1. The summed E-state index contributed by atoms with van der Waals surface area (Å²) in [7, 11) is 0. The average molecular weight is 503 g/mol. The van der Waals surface area contributed by atoms with E-state index < -0.39 is 22.9 Å². The van der Waals surface area contributed by atoms with Crippen LogP contribution in [0.1, 0.15) is 59.8 Å². The van der Waals surface area contributed by atoms with Gasteiger partial charge in [0.15, 0.2) is 5.78 Å². The molecule has 2 unspecified atom stereocenters. The van der Waals surface area contributed by atoms with Gasteiger partial charge in [-0.25, -0.2) is 0 Å². The van der Waals surface area contributed by atoms with Gasteiger partial charge < -0.3 is 18.9 Å². The molecule has 1 aliphatic rings. The Morgan fingerprint density at radius 1 is 1.11 bits per heavy atom. The fourth-order valence-electron chi connectivity index (χ4n) is 4.13. The molecule has 0 spiro atoms. The zero-order valence-corrected chi connectivity index (χ0v) is 21.7. The third-order valence-corrected chi connectivity index (χ3v) is 6.35. The third-order valence-electron chi connectivity index (χ3n) is 6.02. The molecule has 0 radical (unpaired) electrons. The van der Waals surface area contributed by atoms with Gasteiger partial charge in [0.05, 0.1) is 18.6 Å². The molecule has 0 amide bonds. The molecule has 2 aromatic carbocycles. The Labute approximate surface area is 210 Å². The largest absolute Gasteiger partial charge is 0.489 e. The standard InChI is InChI=1S/C27H31ClO7/c1-7-32-26(31)21(28)12-19-8-10-20(11-9-19)33-14-27(6)13-22(30)23-17(4)24(34-18(5)29)15(2)16(3)25(23)35-27/h8-11,21H,7,12-14H2,1-6H3. The first-order chi connectivity index (χ1) is 16.5. The lowest BCUT2D eigenvalue weighted by Crippen LogP contribution is -2.45. The van der Waals surface area contributed by atoms with Gasteiger partial charge in [0.2, 0.25) is 0 Å². The van der Waals surface area contributed by atoms with Crippen LogP contribution in [-0.2, 0) is 20.7 Å². The molecule has 8 heteroatoms. The molecule has 0 saturated heterocycles. The summed E-state index contributed by atoms with van der Waals surface area (Å²) >= 11 is 6.11. The van der Waals surface area contributed by atoms with Gasteiger partial charge in [0, 0.05) is 12.5 Å².